The molecule has 1 aromatic carbocycles. The molecule has 0 fully saturated rings. The molecule has 3 aromatic heterocycles. The average Bonchev–Trinajstić information content (AvgIpc) is 3.16. The molecule has 8 nitrogen and oxygen atoms in total. The van der Waals surface area contributed by atoms with E-state index >= 15 is 0 Å². The molecule has 0 atom stereocenters. The van der Waals surface area contributed by atoms with Crippen LogP contribution in [0.25, 0.3) is 22.3 Å². The highest BCUT2D eigenvalue weighted by atomic mass is 19.1. The lowest BCUT2D eigenvalue weighted by molar-refractivity contribution is 0.266. The van der Waals surface area contributed by atoms with Crippen molar-refractivity contribution < 1.29 is 8.78 Å². The van der Waals surface area contributed by atoms with E-state index < -0.39 is 11.6 Å². The van der Waals surface area contributed by atoms with Crippen molar-refractivity contribution in [1.82, 2.24) is 29.5 Å². The second-order valence-electron chi connectivity index (χ2n) is 8.58. The first-order valence-corrected chi connectivity index (χ1v) is 11.2. The van der Waals surface area contributed by atoms with E-state index in [1.807, 2.05) is 26.2 Å². The van der Waals surface area contributed by atoms with Crippen molar-refractivity contribution in [2.45, 2.75) is 26.8 Å². The van der Waals surface area contributed by atoms with Crippen molar-refractivity contribution in [3.05, 3.63) is 59.2 Å². The Morgan fingerprint density at radius 3 is 2.68 bits per heavy atom. The molecule has 0 saturated carbocycles. The third-order valence-corrected chi connectivity index (χ3v) is 6.08. The summed E-state index contributed by atoms with van der Waals surface area (Å²) in [4.78, 5) is 19.8. The fraction of sp³-hybridized carbons (Fsp3) is 0.333. The zero-order valence-electron chi connectivity index (χ0n) is 19.6. The number of likely N-dealkylation sites (N-methyl/N-ethyl adjacent to an activating group) is 1. The average molecular weight is 465 g/mol. The zero-order chi connectivity index (χ0) is 24.0. The predicted octanol–water partition coefficient (Wildman–Crippen LogP) is 3.79. The second kappa shape index (κ2) is 8.60. The first kappa shape index (κ1) is 22.1. The summed E-state index contributed by atoms with van der Waals surface area (Å²) in [5.74, 6) is 0.218. The Labute approximate surface area is 196 Å². The van der Waals surface area contributed by atoms with Crippen molar-refractivity contribution in [3.8, 4) is 11.3 Å². The molecule has 0 unspecified atom stereocenters. The highest BCUT2D eigenvalue weighted by Crippen LogP contribution is 2.29. The summed E-state index contributed by atoms with van der Waals surface area (Å²) in [6.45, 7) is 6.79. The largest absolute Gasteiger partial charge is 0.317 e. The minimum absolute atomic E-state index is 0.000920. The molecule has 0 aliphatic carbocycles. The molecule has 0 saturated heterocycles. The van der Waals surface area contributed by atoms with Crippen LogP contribution in [0.5, 0.6) is 0 Å². The van der Waals surface area contributed by atoms with Gasteiger partial charge >= 0.3 is 0 Å². The summed E-state index contributed by atoms with van der Waals surface area (Å²) in [7, 11) is 3.66. The molecule has 0 radical (unpaired) electrons. The van der Waals surface area contributed by atoms with E-state index in [0.717, 1.165) is 37.9 Å². The summed E-state index contributed by atoms with van der Waals surface area (Å²) < 4.78 is 31.4. The Balaban J connectivity index is 1.49. The Morgan fingerprint density at radius 1 is 1.09 bits per heavy atom. The number of rotatable bonds is 5. The van der Waals surface area contributed by atoms with Gasteiger partial charge in [0, 0.05) is 44.9 Å². The van der Waals surface area contributed by atoms with E-state index in [1.165, 1.54) is 11.6 Å². The molecule has 1 aliphatic heterocycles. The van der Waals surface area contributed by atoms with Crippen LogP contribution in [-0.4, -0.2) is 56.7 Å². The van der Waals surface area contributed by atoms with Crippen LogP contribution in [0.4, 0.5) is 20.5 Å². The summed E-state index contributed by atoms with van der Waals surface area (Å²) in [5, 5.41) is 4.86. The molecule has 34 heavy (non-hydrogen) atoms. The molecule has 0 amide bonds. The van der Waals surface area contributed by atoms with Gasteiger partial charge in [-0.3, -0.25) is 4.90 Å². The van der Waals surface area contributed by atoms with Crippen LogP contribution >= 0.6 is 0 Å². The van der Waals surface area contributed by atoms with E-state index in [4.69, 9.17) is 4.98 Å². The smallest absolute Gasteiger partial charge is 0.229 e. The molecule has 10 heteroatoms. The van der Waals surface area contributed by atoms with Crippen LogP contribution < -0.4 is 10.3 Å². The topological polar surface area (TPSA) is 75.0 Å². The summed E-state index contributed by atoms with van der Waals surface area (Å²) in [6, 6.07) is 6.85. The maximum absolute atomic E-state index is 14.9. The number of hydrogen-bond donors (Lipinski definition) is 1. The molecule has 1 N–H and O–H groups in total. The molecular weight excluding hydrogens is 438 g/mol. The Bertz CT molecular complexity index is 1380. The van der Waals surface area contributed by atoms with Gasteiger partial charge in [0.2, 0.25) is 5.95 Å². The van der Waals surface area contributed by atoms with Gasteiger partial charge in [0.25, 0.3) is 0 Å². The van der Waals surface area contributed by atoms with E-state index in [2.05, 4.69) is 32.1 Å². The maximum atomic E-state index is 14.9. The van der Waals surface area contributed by atoms with E-state index in [-0.39, 0.29) is 17.2 Å². The molecule has 4 aromatic rings. The van der Waals surface area contributed by atoms with Crippen LogP contribution in [0.15, 0.2) is 30.5 Å². The van der Waals surface area contributed by atoms with Gasteiger partial charge in [-0.05, 0) is 37.2 Å². The number of imidazole rings is 1. The van der Waals surface area contributed by atoms with Crippen LogP contribution in [-0.2, 0) is 13.0 Å². The number of aryl methyl sites for hydroxylation is 1. The van der Waals surface area contributed by atoms with Gasteiger partial charge in [0.05, 0.1) is 11.7 Å². The lowest BCUT2D eigenvalue weighted by Gasteiger charge is -2.27. The number of halogens is 2. The maximum Gasteiger partial charge on any atom is 0.229 e. The van der Waals surface area contributed by atoms with Gasteiger partial charge in [0.15, 0.2) is 11.6 Å². The molecule has 4 heterocycles. The Morgan fingerprint density at radius 2 is 1.91 bits per heavy atom. The second-order valence-corrected chi connectivity index (χ2v) is 8.58. The Kier molecular flexibility index (Phi) is 5.60. The molecule has 176 valence electrons. The first-order chi connectivity index (χ1) is 16.3. The Hall–Kier alpha value is -3.66. The van der Waals surface area contributed by atoms with Gasteiger partial charge in [-0.15, -0.1) is 0 Å². The number of hydrogen-bond acceptors (Lipinski definition) is 7. The quantitative estimate of drug-likeness (QED) is 0.482. The third kappa shape index (κ3) is 3.94. The number of pyridine rings is 1. The standard InChI is InChI=1S/C24H26F2N8/c1-5-33-9-8-19-15(13-33)6-7-21(29-19)30-24-27-12-18(26)22(31-24)16-10-17(25)23-20(11-16)34(32(3)4)14(2)28-23/h6-7,10-12H,5,8-9,13H2,1-4H3,(H,27,29,30,31). The SMILES string of the molecule is CCN1CCc2nc(Nc3ncc(F)c(-c4cc(F)c5nc(C)n(N(C)C)c5c4)n3)ccc2C1. The van der Waals surface area contributed by atoms with Crippen LogP contribution in [0.3, 0.4) is 0 Å². The van der Waals surface area contributed by atoms with E-state index in [9.17, 15) is 8.78 Å². The van der Waals surface area contributed by atoms with Crippen molar-refractivity contribution in [1.29, 1.82) is 0 Å². The van der Waals surface area contributed by atoms with Crippen molar-refractivity contribution in [2.75, 3.05) is 37.5 Å². The van der Waals surface area contributed by atoms with E-state index in [1.54, 1.807) is 22.7 Å². The van der Waals surface area contributed by atoms with Gasteiger partial charge in [-0.1, -0.05) is 13.0 Å². The van der Waals surface area contributed by atoms with Gasteiger partial charge < -0.3 is 10.3 Å². The molecule has 1 aliphatic rings. The number of nitrogens with one attached hydrogen (secondary N) is 1. The lowest BCUT2D eigenvalue weighted by Crippen LogP contribution is -2.30. The molecule has 0 spiro atoms. The number of anilines is 2. The van der Waals surface area contributed by atoms with Gasteiger partial charge in [-0.2, -0.15) is 0 Å². The van der Waals surface area contributed by atoms with Crippen molar-refractivity contribution in [2.24, 2.45) is 0 Å². The molecular formula is C24H26F2N8. The zero-order valence-corrected chi connectivity index (χ0v) is 19.6. The van der Waals surface area contributed by atoms with Crippen LogP contribution in [0.2, 0.25) is 0 Å². The third-order valence-electron chi connectivity index (χ3n) is 6.08. The summed E-state index contributed by atoms with van der Waals surface area (Å²) in [5.41, 5.74) is 3.30. The van der Waals surface area contributed by atoms with Crippen molar-refractivity contribution in [3.63, 3.8) is 0 Å². The lowest BCUT2D eigenvalue weighted by atomic mass is 10.1. The number of fused-ring (bicyclic) bond motifs is 2. The predicted molar refractivity (Wildman–Crippen MR) is 128 cm³/mol. The first-order valence-electron chi connectivity index (χ1n) is 11.2. The minimum Gasteiger partial charge on any atom is -0.317 e. The number of benzene rings is 1. The number of nitrogens with zero attached hydrogens (tertiary/aromatic N) is 7. The summed E-state index contributed by atoms with van der Waals surface area (Å²) >= 11 is 0. The minimum atomic E-state index is -0.644. The number of aromatic nitrogens is 5. The van der Waals surface area contributed by atoms with Crippen molar-refractivity contribution >= 4 is 22.8 Å². The highest BCUT2D eigenvalue weighted by Gasteiger charge is 2.19. The van der Waals surface area contributed by atoms with E-state index in [0.29, 0.717) is 22.7 Å². The monoisotopic (exact) mass is 464 g/mol. The fourth-order valence-electron chi connectivity index (χ4n) is 4.44. The summed E-state index contributed by atoms with van der Waals surface area (Å²) in [6.07, 6.45) is 1.95. The van der Waals surface area contributed by atoms with Crippen LogP contribution in [0, 0.1) is 18.6 Å². The molecule has 5 rings (SSSR count). The van der Waals surface area contributed by atoms with Gasteiger partial charge in [0.1, 0.15) is 22.9 Å². The molecule has 0 bridgehead atoms. The highest BCUT2D eigenvalue weighted by molar-refractivity contribution is 5.83. The fourth-order valence-corrected chi connectivity index (χ4v) is 4.44. The van der Waals surface area contributed by atoms with Gasteiger partial charge in [-0.25, -0.2) is 33.4 Å². The van der Waals surface area contributed by atoms with Crippen LogP contribution in [0.1, 0.15) is 24.0 Å². The normalized spacial score (nSPS) is 13.8.